The molecular weight excluding hydrogens is 246 g/mol. The molecule has 96 valence electrons. The van der Waals surface area contributed by atoms with E-state index in [0.717, 1.165) is 17.9 Å². The number of aliphatic carboxylic acids is 1. The quantitative estimate of drug-likeness (QED) is 0.888. The maximum atomic E-state index is 11.4. The highest BCUT2D eigenvalue weighted by atomic mass is 32.2. The van der Waals surface area contributed by atoms with Crippen LogP contribution in [0.1, 0.15) is 23.5 Å². The molecule has 0 spiro atoms. The van der Waals surface area contributed by atoms with E-state index in [2.05, 4.69) is 11.0 Å². The van der Waals surface area contributed by atoms with Gasteiger partial charge in [0, 0.05) is 24.9 Å². The van der Waals surface area contributed by atoms with Gasteiger partial charge in [0.05, 0.1) is 5.92 Å². The summed E-state index contributed by atoms with van der Waals surface area (Å²) in [6.07, 6.45) is 1.19. The van der Waals surface area contributed by atoms with Crippen molar-refractivity contribution >= 4 is 17.7 Å². The van der Waals surface area contributed by atoms with Gasteiger partial charge in [-0.15, -0.1) is 0 Å². The van der Waals surface area contributed by atoms with Gasteiger partial charge in [0.15, 0.2) is 0 Å². The zero-order chi connectivity index (χ0) is 12.5. The van der Waals surface area contributed by atoms with Crippen LogP contribution < -0.4 is 0 Å². The van der Waals surface area contributed by atoms with Crippen LogP contribution in [0.4, 0.5) is 0 Å². The van der Waals surface area contributed by atoms with Crippen LogP contribution in [0, 0.1) is 0 Å². The van der Waals surface area contributed by atoms with Crippen molar-refractivity contribution in [3.8, 4) is 0 Å². The first-order valence-electron chi connectivity index (χ1n) is 6.38. The average Bonchev–Trinajstić information content (AvgIpc) is 2.91. The van der Waals surface area contributed by atoms with Gasteiger partial charge >= 0.3 is 5.97 Å². The third-order valence-corrected chi connectivity index (χ3v) is 5.09. The Bertz CT molecular complexity index is 457. The highest BCUT2D eigenvalue weighted by Crippen LogP contribution is 2.33. The first kappa shape index (κ1) is 12.1. The van der Waals surface area contributed by atoms with E-state index in [0.29, 0.717) is 12.6 Å². The molecule has 4 heteroatoms. The molecule has 1 fully saturated rings. The monoisotopic (exact) mass is 263 g/mol. The fourth-order valence-corrected chi connectivity index (χ4v) is 4.19. The summed E-state index contributed by atoms with van der Waals surface area (Å²) < 4.78 is 0. The van der Waals surface area contributed by atoms with E-state index in [1.54, 1.807) is 0 Å². The van der Waals surface area contributed by atoms with Crippen molar-refractivity contribution in [3.63, 3.8) is 0 Å². The molecule has 1 aromatic carbocycles. The number of hydrogen-bond donors (Lipinski definition) is 1. The smallest absolute Gasteiger partial charge is 0.312 e. The molecule has 18 heavy (non-hydrogen) atoms. The van der Waals surface area contributed by atoms with Gasteiger partial charge in [-0.2, -0.15) is 11.8 Å². The van der Waals surface area contributed by atoms with Crippen molar-refractivity contribution in [2.24, 2.45) is 0 Å². The van der Waals surface area contributed by atoms with Gasteiger partial charge in [0.2, 0.25) is 0 Å². The standard InChI is InChI=1S/C14H17NO2S/c16-14(17)13-8-15(11-5-6-18-9-11)7-10-3-1-2-4-12(10)13/h1-4,11,13H,5-9H2,(H,16,17). The average molecular weight is 263 g/mol. The molecule has 0 saturated carbocycles. The molecule has 0 aliphatic carbocycles. The summed E-state index contributed by atoms with van der Waals surface area (Å²) in [5.74, 6) is 1.30. The van der Waals surface area contributed by atoms with Gasteiger partial charge in [-0.25, -0.2) is 0 Å². The minimum Gasteiger partial charge on any atom is -0.481 e. The number of fused-ring (bicyclic) bond motifs is 1. The number of nitrogens with zero attached hydrogens (tertiary/aromatic N) is 1. The second-order valence-corrected chi connectivity index (χ2v) is 6.19. The molecule has 0 amide bonds. The van der Waals surface area contributed by atoms with E-state index in [1.807, 2.05) is 30.0 Å². The highest BCUT2D eigenvalue weighted by Gasteiger charge is 2.34. The van der Waals surface area contributed by atoms with Crippen molar-refractivity contribution in [3.05, 3.63) is 35.4 Å². The molecule has 2 aliphatic heterocycles. The van der Waals surface area contributed by atoms with Crippen molar-refractivity contribution in [1.29, 1.82) is 0 Å². The van der Waals surface area contributed by atoms with Crippen LogP contribution in [0.3, 0.4) is 0 Å². The van der Waals surface area contributed by atoms with E-state index in [9.17, 15) is 9.90 Å². The topological polar surface area (TPSA) is 40.5 Å². The number of carboxylic acid groups (broad SMARTS) is 1. The van der Waals surface area contributed by atoms with Crippen LogP contribution in [-0.2, 0) is 11.3 Å². The molecule has 1 aromatic rings. The summed E-state index contributed by atoms with van der Waals surface area (Å²) in [6, 6.07) is 8.54. The summed E-state index contributed by atoms with van der Waals surface area (Å²) in [5.41, 5.74) is 2.19. The fraction of sp³-hybridized carbons (Fsp3) is 0.500. The van der Waals surface area contributed by atoms with Crippen molar-refractivity contribution in [2.45, 2.75) is 24.9 Å². The Morgan fingerprint density at radius 1 is 1.39 bits per heavy atom. The maximum absolute atomic E-state index is 11.4. The normalized spacial score (nSPS) is 28.0. The Morgan fingerprint density at radius 2 is 2.22 bits per heavy atom. The first-order valence-corrected chi connectivity index (χ1v) is 7.53. The molecule has 1 N–H and O–H groups in total. The minimum atomic E-state index is -0.696. The molecular formula is C14H17NO2S. The second kappa shape index (κ2) is 4.94. The van der Waals surface area contributed by atoms with Crippen molar-refractivity contribution < 1.29 is 9.90 Å². The Labute approximate surface area is 111 Å². The van der Waals surface area contributed by atoms with Gasteiger partial charge in [-0.3, -0.25) is 9.69 Å². The third kappa shape index (κ3) is 2.15. The van der Waals surface area contributed by atoms with Crippen LogP contribution >= 0.6 is 11.8 Å². The molecule has 2 aliphatic rings. The second-order valence-electron chi connectivity index (χ2n) is 5.04. The van der Waals surface area contributed by atoms with Gasteiger partial charge in [0.25, 0.3) is 0 Å². The van der Waals surface area contributed by atoms with Crippen LogP contribution in [0.25, 0.3) is 0 Å². The summed E-state index contributed by atoms with van der Waals surface area (Å²) in [7, 11) is 0. The predicted octanol–water partition coefficient (Wildman–Crippen LogP) is 2.18. The van der Waals surface area contributed by atoms with E-state index in [4.69, 9.17) is 0 Å². The number of thioether (sulfide) groups is 1. The number of carbonyl (C=O) groups is 1. The van der Waals surface area contributed by atoms with Crippen molar-refractivity contribution in [1.82, 2.24) is 4.90 Å². The lowest BCUT2D eigenvalue weighted by Crippen LogP contribution is -2.43. The maximum Gasteiger partial charge on any atom is 0.312 e. The fourth-order valence-electron chi connectivity index (χ4n) is 2.93. The summed E-state index contributed by atoms with van der Waals surface area (Å²) in [5, 5.41) is 9.41. The molecule has 1 saturated heterocycles. The zero-order valence-corrected chi connectivity index (χ0v) is 11.0. The molecule has 0 aromatic heterocycles. The van der Waals surface area contributed by atoms with Gasteiger partial charge in [-0.05, 0) is 23.3 Å². The zero-order valence-electron chi connectivity index (χ0n) is 10.2. The number of carboxylic acids is 1. The van der Waals surface area contributed by atoms with Crippen LogP contribution in [0.2, 0.25) is 0 Å². The summed E-state index contributed by atoms with van der Waals surface area (Å²) >= 11 is 1.98. The Balaban J connectivity index is 1.89. The molecule has 2 heterocycles. The Kier molecular flexibility index (Phi) is 3.31. The number of hydrogen-bond acceptors (Lipinski definition) is 3. The lowest BCUT2D eigenvalue weighted by Gasteiger charge is -2.36. The molecule has 2 unspecified atom stereocenters. The molecule has 0 bridgehead atoms. The van der Waals surface area contributed by atoms with Gasteiger partial charge in [-0.1, -0.05) is 24.3 Å². The van der Waals surface area contributed by atoms with Crippen LogP contribution in [-0.4, -0.2) is 40.1 Å². The SMILES string of the molecule is O=C(O)C1CN(C2CCSC2)Cc2ccccc21. The molecule has 2 atom stereocenters. The molecule has 3 rings (SSSR count). The Morgan fingerprint density at radius 3 is 2.94 bits per heavy atom. The van der Waals surface area contributed by atoms with Gasteiger partial charge < -0.3 is 5.11 Å². The van der Waals surface area contributed by atoms with E-state index >= 15 is 0 Å². The predicted molar refractivity (Wildman–Crippen MR) is 73.0 cm³/mol. The number of rotatable bonds is 2. The van der Waals surface area contributed by atoms with Gasteiger partial charge in [0.1, 0.15) is 0 Å². The lowest BCUT2D eigenvalue weighted by molar-refractivity contribution is -0.139. The third-order valence-electron chi connectivity index (χ3n) is 3.94. The summed E-state index contributed by atoms with van der Waals surface area (Å²) in [4.78, 5) is 13.8. The van der Waals surface area contributed by atoms with E-state index in [1.165, 1.54) is 17.7 Å². The van der Waals surface area contributed by atoms with E-state index < -0.39 is 5.97 Å². The number of benzene rings is 1. The molecule has 0 radical (unpaired) electrons. The van der Waals surface area contributed by atoms with Crippen LogP contribution in [0.5, 0.6) is 0 Å². The largest absolute Gasteiger partial charge is 0.481 e. The minimum absolute atomic E-state index is 0.361. The molecule has 3 nitrogen and oxygen atoms in total. The highest BCUT2D eigenvalue weighted by molar-refractivity contribution is 7.99. The Hall–Kier alpha value is -1.00. The van der Waals surface area contributed by atoms with Crippen LogP contribution in [0.15, 0.2) is 24.3 Å². The lowest BCUT2D eigenvalue weighted by atomic mass is 9.89. The first-order chi connectivity index (χ1) is 8.75. The summed E-state index contributed by atoms with van der Waals surface area (Å²) in [6.45, 7) is 1.57. The van der Waals surface area contributed by atoms with Crippen molar-refractivity contribution in [2.75, 3.05) is 18.1 Å². The van der Waals surface area contributed by atoms with E-state index in [-0.39, 0.29) is 5.92 Å².